The molecule has 0 aliphatic carbocycles. The van der Waals surface area contributed by atoms with Crippen molar-refractivity contribution in [2.24, 2.45) is 11.7 Å². The third-order valence-electron chi connectivity index (χ3n) is 4.04. The molecule has 1 saturated heterocycles. The summed E-state index contributed by atoms with van der Waals surface area (Å²) < 4.78 is 0. The number of carbonyl (C=O) groups excluding carboxylic acids is 1. The van der Waals surface area contributed by atoms with Crippen molar-refractivity contribution < 1.29 is 4.79 Å². The molecule has 1 heterocycles. The number of carbonyl (C=O) groups is 1. The number of hydrogen-bond acceptors (Lipinski definition) is 3. The van der Waals surface area contributed by atoms with Gasteiger partial charge in [-0.3, -0.25) is 4.79 Å². The van der Waals surface area contributed by atoms with Crippen LogP contribution in [0.15, 0.2) is 24.3 Å². The van der Waals surface area contributed by atoms with Crippen LogP contribution in [0.3, 0.4) is 0 Å². The first kappa shape index (κ1) is 21.0. The van der Waals surface area contributed by atoms with Crippen molar-refractivity contribution in [3.05, 3.63) is 24.3 Å². The average Bonchev–Trinajstić information content (AvgIpc) is 2.47. The minimum Gasteiger partial charge on any atom is -0.371 e. The van der Waals surface area contributed by atoms with Gasteiger partial charge in [0.15, 0.2) is 0 Å². The van der Waals surface area contributed by atoms with E-state index < -0.39 is 6.04 Å². The zero-order chi connectivity index (χ0) is 14.5. The highest BCUT2D eigenvalue weighted by Gasteiger charge is 2.17. The Hall–Kier alpha value is -0.970. The molecule has 6 heteroatoms. The van der Waals surface area contributed by atoms with Crippen LogP contribution in [-0.2, 0) is 4.79 Å². The van der Waals surface area contributed by atoms with Gasteiger partial charge in [0, 0.05) is 24.5 Å². The van der Waals surface area contributed by atoms with E-state index in [1.165, 1.54) is 18.5 Å². The zero-order valence-electron chi connectivity index (χ0n) is 13.2. The number of nitrogens with zero attached hydrogens (tertiary/aromatic N) is 1. The molecule has 1 amide bonds. The molecule has 1 aliphatic heterocycles. The Morgan fingerprint density at radius 2 is 2.00 bits per heavy atom. The molecular formula is C16H27Cl2N3O. The Kier molecular flexibility index (Phi) is 9.49. The maximum atomic E-state index is 11.8. The molecule has 1 aromatic carbocycles. The zero-order valence-corrected chi connectivity index (χ0v) is 14.9. The van der Waals surface area contributed by atoms with Crippen molar-refractivity contribution in [3.8, 4) is 0 Å². The lowest BCUT2D eigenvalue weighted by molar-refractivity contribution is -0.117. The molecule has 2 rings (SSSR count). The maximum absolute atomic E-state index is 11.8. The Labute approximate surface area is 145 Å². The summed E-state index contributed by atoms with van der Waals surface area (Å²) in [5.41, 5.74) is 7.75. The van der Waals surface area contributed by atoms with Crippen LogP contribution in [0.5, 0.6) is 0 Å². The lowest BCUT2D eigenvalue weighted by Gasteiger charge is -2.32. The second kappa shape index (κ2) is 9.93. The number of nitrogens with two attached hydrogens (primary N) is 1. The van der Waals surface area contributed by atoms with E-state index in [4.69, 9.17) is 5.73 Å². The molecule has 0 radical (unpaired) electrons. The largest absolute Gasteiger partial charge is 0.371 e. The Morgan fingerprint density at radius 1 is 1.36 bits per heavy atom. The summed E-state index contributed by atoms with van der Waals surface area (Å²) in [5.74, 6) is 0.702. The minimum absolute atomic E-state index is 0. The summed E-state index contributed by atoms with van der Waals surface area (Å²) in [6.45, 7) is 6.40. The normalized spacial score (nSPS) is 16.2. The van der Waals surface area contributed by atoms with Crippen molar-refractivity contribution in [1.82, 2.24) is 0 Å². The van der Waals surface area contributed by atoms with Crippen LogP contribution in [0.4, 0.5) is 11.4 Å². The van der Waals surface area contributed by atoms with E-state index in [0.717, 1.165) is 24.7 Å². The first-order chi connectivity index (χ1) is 9.60. The molecule has 1 atom stereocenters. The molecule has 0 unspecified atom stereocenters. The van der Waals surface area contributed by atoms with E-state index in [2.05, 4.69) is 23.2 Å². The van der Waals surface area contributed by atoms with Gasteiger partial charge in [-0.15, -0.1) is 24.8 Å². The third kappa shape index (κ3) is 5.67. The van der Waals surface area contributed by atoms with Gasteiger partial charge in [0.25, 0.3) is 0 Å². The van der Waals surface area contributed by atoms with Crippen molar-refractivity contribution in [1.29, 1.82) is 0 Å². The van der Waals surface area contributed by atoms with Crippen LogP contribution in [0, 0.1) is 5.92 Å². The number of anilines is 2. The molecule has 1 fully saturated rings. The highest BCUT2D eigenvalue weighted by molar-refractivity contribution is 5.95. The molecule has 0 saturated carbocycles. The van der Waals surface area contributed by atoms with Gasteiger partial charge in [0.2, 0.25) is 5.91 Å². The van der Waals surface area contributed by atoms with Gasteiger partial charge in [-0.25, -0.2) is 0 Å². The predicted octanol–water partition coefficient (Wildman–Crippen LogP) is 3.44. The summed E-state index contributed by atoms with van der Waals surface area (Å²) in [4.78, 5) is 14.2. The van der Waals surface area contributed by atoms with E-state index in [1.54, 1.807) is 0 Å². The van der Waals surface area contributed by atoms with Crippen LogP contribution in [0.2, 0.25) is 0 Å². The van der Waals surface area contributed by atoms with Crippen LogP contribution >= 0.6 is 24.8 Å². The lowest BCUT2D eigenvalue weighted by Crippen LogP contribution is -2.35. The summed E-state index contributed by atoms with van der Waals surface area (Å²) in [6.07, 6.45) is 3.12. The SMILES string of the molecule is CC[C@H](N)C(=O)Nc1cccc(N2CCC(C)CC2)c1.Cl.Cl. The molecule has 3 N–H and O–H groups in total. The van der Waals surface area contributed by atoms with Crippen LogP contribution in [0.25, 0.3) is 0 Å². The number of rotatable bonds is 4. The second-order valence-electron chi connectivity index (χ2n) is 5.72. The first-order valence-corrected chi connectivity index (χ1v) is 7.51. The fourth-order valence-electron chi connectivity index (χ4n) is 2.47. The van der Waals surface area contributed by atoms with E-state index in [1.807, 2.05) is 25.1 Å². The van der Waals surface area contributed by atoms with E-state index in [0.29, 0.717) is 6.42 Å². The molecule has 0 aromatic heterocycles. The van der Waals surface area contributed by atoms with Crippen molar-refractivity contribution >= 4 is 42.1 Å². The van der Waals surface area contributed by atoms with Crippen molar-refractivity contribution in [2.45, 2.75) is 39.2 Å². The van der Waals surface area contributed by atoms with Gasteiger partial charge < -0.3 is 16.0 Å². The number of hydrogen-bond donors (Lipinski definition) is 2. The summed E-state index contributed by atoms with van der Waals surface area (Å²) in [6, 6.07) is 7.60. The molecular weight excluding hydrogens is 321 g/mol. The van der Waals surface area contributed by atoms with E-state index in [9.17, 15) is 4.79 Å². The molecule has 0 bridgehead atoms. The van der Waals surface area contributed by atoms with E-state index >= 15 is 0 Å². The molecule has 0 spiro atoms. The monoisotopic (exact) mass is 347 g/mol. The number of nitrogens with one attached hydrogen (secondary N) is 1. The predicted molar refractivity (Wildman–Crippen MR) is 98.4 cm³/mol. The fourth-order valence-corrected chi connectivity index (χ4v) is 2.47. The standard InChI is InChI=1S/C16H25N3O.2ClH/c1-3-15(17)16(20)18-13-5-4-6-14(11-13)19-9-7-12(2)8-10-19;;/h4-6,11-12,15H,3,7-10,17H2,1-2H3,(H,18,20);2*1H/t15-;;/m0../s1. The van der Waals surface area contributed by atoms with Crippen LogP contribution in [-0.4, -0.2) is 25.0 Å². The average molecular weight is 348 g/mol. The first-order valence-electron chi connectivity index (χ1n) is 7.51. The molecule has 1 aromatic rings. The van der Waals surface area contributed by atoms with E-state index in [-0.39, 0.29) is 30.7 Å². The van der Waals surface area contributed by atoms with Crippen molar-refractivity contribution in [3.63, 3.8) is 0 Å². The minimum atomic E-state index is -0.436. The topological polar surface area (TPSA) is 58.4 Å². The summed E-state index contributed by atoms with van der Waals surface area (Å²) >= 11 is 0. The van der Waals surface area contributed by atoms with Gasteiger partial charge in [0.1, 0.15) is 0 Å². The van der Waals surface area contributed by atoms with Gasteiger partial charge in [-0.05, 0) is 43.4 Å². The quantitative estimate of drug-likeness (QED) is 0.876. The highest BCUT2D eigenvalue weighted by Crippen LogP contribution is 2.25. The third-order valence-corrected chi connectivity index (χ3v) is 4.04. The number of halogens is 2. The Morgan fingerprint density at radius 3 is 2.59 bits per heavy atom. The molecule has 1 aliphatic rings. The maximum Gasteiger partial charge on any atom is 0.241 e. The molecule has 22 heavy (non-hydrogen) atoms. The van der Waals surface area contributed by atoms with Crippen LogP contribution in [0.1, 0.15) is 33.1 Å². The Balaban J connectivity index is 0.00000220. The van der Waals surface area contributed by atoms with Gasteiger partial charge in [-0.2, -0.15) is 0 Å². The second-order valence-corrected chi connectivity index (χ2v) is 5.72. The summed E-state index contributed by atoms with van der Waals surface area (Å²) in [5, 5.41) is 2.89. The van der Waals surface area contributed by atoms with Gasteiger partial charge >= 0.3 is 0 Å². The smallest absolute Gasteiger partial charge is 0.241 e. The highest BCUT2D eigenvalue weighted by atomic mass is 35.5. The Bertz CT molecular complexity index is 462. The summed E-state index contributed by atoms with van der Waals surface area (Å²) in [7, 11) is 0. The van der Waals surface area contributed by atoms with Gasteiger partial charge in [-0.1, -0.05) is 19.9 Å². The lowest BCUT2D eigenvalue weighted by atomic mass is 9.99. The van der Waals surface area contributed by atoms with Crippen LogP contribution < -0.4 is 16.0 Å². The molecule has 4 nitrogen and oxygen atoms in total. The van der Waals surface area contributed by atoms with Gasteiger partial charge in [0.05, 0.1) is 6.04 Å². The number of benzene rings is 1. The van der Waals surface area contributed by atoms with Crippen molar-refractivity contribution in [2.75, 3.05) is 23.3 Å². The molecule has 126 valence electrons. The fraction of sp³-hybridized carbons (Fsp3) is 0.562. The number of amides is 1. The number of piperidine rings is 1.